The summed E-state index contributed by atoms with van der Waals surface area (Å²) in [5, 5.41) is 9.38. The average molecular weight is 286 g/mol. The largest absolute Gasteiger partial charge is 0.481 e. The molecule has 0 bridgehead atoms. The lowest BCUT2D eigenvalue weighted by atomic mass is 9.96. The molecule has 0 aromatic heterocycles. The minimum atomic E-state index is -0.737. The SMILES string of the molecule is Cc1cc(F)c(CN2CCC(C(=O)O)CC2)c(Cl)c1. The number of rotatable bonds is 3. The Morgan fingerprint density at radius 2 is 2.11 bits per heavy atom. The van der Waals surface area contributed by atoms with Crippen molar-refractivity contribution in [1.29, 1.82) is 0 Å². The number of likely N-dealkylation sites (tertiary alicyclic amines) is 1. The molecular formula is C14H17ClFNO2. The van der Waals surface area contributed by atoms with E-state index in [1.807, 2.05) is 0 Å². The van der Waals surface area contributed by atoms with E-state index in [2.05, 4.69) is 4.90 Å². The Morgan fingerprint density at radius 3 is 2.63 bits per heavy atom. The molecule has 1 fully saturated rings. The predicted octanol–water partition coefficient (Wildman–Crippen LogP) is 3.08. The molecule has 1 aliphatic heterocycles. The van der Waals surface area contributed by atoms with Crippen LogP contribution in [0, 0.1) is 18.7 Å². The molecule has 1 saturated heterocycles. The van der Waals surface area contributed by atoms with Crippen LogP contribution in [0.1, 0.15) is 24.0 Å². The Kier molecular flexibility index (Phi) is 4.42. The van der Waals surface area contributed by atoms with Crippen molar-refractivity contribution in [1.82, 2.24) is 4.90 Å². The van der Waals surface area contributed by atoms with E-state index < -0.39 is 5.97 Å². The lowest BCUT2D eigenvalue weighted by Gasteiger charge is -2.30. The normalized spacial score (nSPS) is 17.6. The average Bonchev–Trinajstić information content (AvgIpc) is 2.34. The summed E-state index contributed by atoms with van der Waals surface area (Å²) in [5.74, 6) is -1.29. The van der Waals surface area contributed by atoms with E-state index in [4.69, 9.17) is 16.7 Å². The molecule has 1 aliphatic rings. The first-order valence-electron chi connectivity index (χ1n) is 6.37. The van der Waals surface area contributed by atoms with Gasteiger partial charge in [-0.05, 0) is 50.6 Å². The molecule has 0 amide bonds. The van der Waals surface area contributed by atoms with Crippen LogP contribution in [-0.4, -0.2) is 29.1 Å². The Bertz CT molecular complexity index is 461. The molecule has 0 spiro atoms. The third kappa shape index (κ3) is 3.45. The van der Waals surface area contributed by atoms with Crippen molar-refractivity contribution in [2.75, 3.05) is 13.1 Å². The van der Waals surface area contributed by atoms with Crippen LogP contribution in [0.5, 0.6) is 0 Å². The number of hydrogen-bond acceptors (Lipinski definition) is 2. The summed E-state index contributed by atoms with van der Waals surface area (Å²) in [6.07, 6.45) is 1.22. The van der Waals surface area contributed by atoms with Crippen molar-refractivity contribution in [3.63, 3.8) is 0 Å². The van der Waals surface area contributed by atoms with Gasteiger partial charge in [-0.3, -0.25) is 9.69 Å². The summed E-state index contributed by atoms with van der Waals surface area (Å²) in [7, 11) is 0. The third-order valence-electron chi connectivity index (χ3n) is 3.60. The van der Waals surface area contributed by atoms with Crippen LogP contribution in [-0.2, 0) is 11.3 Å². The van der Waals surface area contributed by atoms with Gasteiger partial charge in [-0.2, -0.15) is 0 Å². The van der Waals surface area contributed by atoms with E-state index in [0.29, 0.717) is 43.1 Å². The van der Waals surface area contributed by atoms with Gasteiger partial charge in [-0.1, -0.05) is 11.6 Å². The maximum atomic E-state index is 13.9. The van der Waals surface area contributed by atoms with Gasteiger partial charge in [0.1, 0.15) is 5.82 Å². The Balaban J connectivity index is 2.02. The van der Waals surface area contributed by atoms with E-state index in [9.17, 15) is 9.18 Å². The quantitative estimate of drug-likeness (QED) is 0.928. The summed E-state index contributed by atoms with van der Waals surface area (Å²) >= 11 is 6.07. The first-order valence-corrected chi connectivity index (χ1v) is 6.75. The minimum Gasteiger partial charge on any atom is -0.481 e. The van der Waals surface area contributed by atoms with Crippen LogP contribution >= 0.6 is 11.6 Å². The maximum Gasteiger partial charge on any atom is 0.306 e. The van der Waals surface area contributed by atoms with Crippen molar-refractivity contribution in [3.05, 3.63) is 34.1 Å². The molecule has 5 heteroatoms. The summed E-state index contributed by atoms with van der Waals surface area (Å²) in [4.78, 5) is 12.9. The molecule has 3 nitrogen and oxygen atoms in total. The number of aryl methyl sites for hydroxylation is 1. The predicted molar refractivity (Wildman–Crippen MR) is 71.8 cm³/mol. The Hall–Kier alpha value is -1.13. The molecule has 1 heterocycles. The molecule has 2 rings (SSSR count). The molecular weight excluding hydrogens is 269 g/mol. The zero-order valence-corrected chi connectivity index (χ0v) is 11.6. The lowest BCUT2D eigenvalue weighted by Crippen LogP contribution is -2.36. The topological polar surface area (TPSA) is 40.5 Å². The number of carboxylic acid groups (broad SMARTS) is 1. The zero-order valence-electron chi connectivity index (χ0n) is 10.8. The Morgan fingerprint density at radius 1 is 1.47 bits per heavy atom. The van der Waals surface area contributed by atoms with E-state index in [1.165, 1.54) is 6.07 Å². The monoisotopic (exact) mass is 285 g/mol. The van der Waals surface area contributed by atoms with Gasteiger partial charge >= 0.3 is 5.97 Å². The number of piperidine rings is 1. The number of benzene rings is 1. The van der Waals surface area contributed by atoms with E-state index in [-0.39, 0.29) is 11.7 Å². The second-order valence-corrected chi connectivity index (χ2v) is 5.50. The fraction of sp³-hybridized carbons (Fsp3) is 0.500. The molecule has 1 aromatic rings. The fourth-order valence-electron chi connectivity index (χ4n) is 2.44. The summed E-state index contributed by atoms with van der Waals surface area (Å²) in [6, 6.07) is 3.23. The molecule has 0 saturated carbocycles. The highest BCUT2D eigenvalue weighted by Gasteiger charge is 2.25. The van der Waals surface area contributed by atoms with Gasteiger partial charge in [-0.15, -0.1) is 0 Å². The van der Waals surface area contributed by atoms with Gasteiger partial charge in [0.2, 0.25) is 0 Å². The molecule has 19 heavy (non-hydrogen) atoms. The van der Waals surface area contributed by atoms with Gasteiger partial charge < -0.3 is 5.11 Å². The minimum absolute atomic E-state index is 0.269. The highest BCUT2D eigenvalue weighted by Crippen LogP contribution is 2.25. The summed E-state index contributed by atoms with van der Waals surface area (Å²) in [6.45, 7) is 3.58. The molecule has 1 aromatic carbocycles. The van der Waals surface area contributed by atoms with Gasteiger partial charge in [0.25, 0.3) is 0 Å². The van der Waals surface area contributed by atoms with Crippen LogP contribution in [0.2, 0.25) is 5.02 Å². The van der Waals surface area contributed by atoms with E-state index >= 15 is 0 Å². The van der Waals surface area contributed by atoms with Crippen molar-refractivity contribution >= 4 is 17.6 Å². The first kappa shape index (κ1) is 14.3. The van der Waals surface area contributed by atoms with E-state index in [0.717, 1.165) is 5.56 Å². The number of aliphatic carboxylic acids is 1. The molecule has 104 valence electrons. The van der Waals surface area contributed by atoms with Crippen LogP contribution in [0.15, 0.2) is 12.1 Å². The van der Waals surface area contributed by atoms with Crippen LogP contribution in [0.25, 0.3) is 0 Å². The van der Waals surface area contributed by atoms with Gasteiger partial charge in [-0.25, -0.2) is 4.39 Å². The van der Waals surface area contributed by atoms with Crippen molar-refractivity contribution in [3.8, 4) is 0 Å². The summed E-state index contributed by atoms with van der Waals surface area (Å²) < 4.78 is 13.9. The molecule has 0 atom stereocenters. The van der Waals surface area contributed by atoms with Crippen LogP contribution in [0.3, 0.4) is 0 Å². The van der Waals surface area contributed by atoms with Gasteiger partial charge in [0, 0.05) is 17.1 Å². The standard InChI is InChI=1S/C14H17ClFNO2/c1-9-6-12(15)11(13(16)7-9)8-17-4-2-10(3-5-17)14(18)19/h6-7,10H,2-5,8H2,1H3,(H,18,19). The number of nitrogens with zero attached hydrogens (tertiary/aromatic N) is 1. The van der Waals surface area contributed by atoms with Crippen molar-refractivity contribution < 1.29 is 14.3 Å². The van der Waals surface area contributed by atoms with Gasteiger partial charge in [0.05, 0.1) is 5.92 Å². The number of carbonyl (C=O) groups is 1. The summed E-state index contributed by atoms with van der Waals surface area (Å²) in [5.41, 5.74) is 1.30. The second-order valence-electron chi connectivity index (χ2n) is 5.10. The highest BCUT2D eigenvalue weighted by atomic mass is 35.5. The number of carboxylic acids is 1. The van der Waals surface area contributed by atoms with E-state index in [1.54, 1.807) is 13.0 Å². The van der Waals surface area contributed by atoms with Crippen molar-refractivity contribution in [2.24, 2.45) is 5.92 Å². The van der Waals surface area contributed by atoms with Crippen LogP contribution in [0.4, 0.5) is 4.39 Å². The number of halogens is 2. The lowest BCUT2D eigenvalue weighted by molar-refractivity contribution is -0.143. The van der Waals surface area contributed by atoms with Gasteiger partial charge in [0.15, 0.2) is 0 Å². The smallest absolute Gasteiger partial charge is 0.306 e. The molecule has 0 aliphatic carbocycles. The highest BCUT2D eigenvalue weighted by molar-refractivity contribution is 6.31. The Labute approximate surface area is 117 Å². The zero-order chi connectivity index (χ0) is 14.0. The van der Waals surface area contributed by atoms with Crippen molar-refractivity contribution in [2.45, 2.75) is 26.3 Å². The molecule has 0 unspecified atom stereocenters. The second kappa shape index (κ2) is 5.88. The third-order valence-corrected chi connectivity index (χ3v) is 3.94. The molecule has 1 N–H and O–H groups in total. The fourth-order valence-corrected chi connectivity index (χ4v) is 2.76. The first-order chi connectivity index (χ1) is 8.97. The van der Waals surface area contributed by atoms with Crippen LogP contribution < -0.4 is 0 Å². The number of hydrogen-bond donors (Lipinski definition) is 1. The molecule has 0 radical (unpaired) electrons. The maximum absolute atomic E-state index is 13.9.